The van der Waals surface area contributed by atoms with Crippen molar-refractivity contribution < 1.29 is 13.2 Å². The molecule has 7 nitrogen and oxygen atoms in total. The highest BCUT2D eigenvalue weighted by molar-refractivity contribution is 6.28. The summed E-state index contributed by atoms with van der Waals surface area (Å²) in [5, 5.41) is 6.96. The number of aromatic amines is 1. The van der Waals surface area contributed by atoms with Gasteiger partial charge in [0.05, 0.1) is 11.7 Å². The molecule has 1 aliphatic carbocycles. The average molecular weight is 474 g/mol. The van der Waals surface area contributed by atoms with Gasteiger partial charge in [-0.25, -0.2) is 33.1 Å². The summed E-state index contributed by atoms with van der Waals surface area (Å²) >= 11 is 5.85. The molecule has 33 heavy (non-hydrogen) atoms. The fraction of sp³-hybridized carbons (Fsp3) is 0.273. The highest BCUT2D eigenvalue weighted by Gasteiger charge is 2.24. The molecule has 3 N–H and O–H groups in total. The standard InChI is InChI=1S/C22H19ClF3N7/c23-22-27-5-4-18(32-22)30-12-2-1-3-13(8-12)31-21-17(26)10-29-20(33-21)15-9-28-19-14(15)6-11(24)7-16(19)25/h4-7,9-10,12-13,28H,1-3,8H2,(H,27,30,32)(H,29,31,33). The van der Waals surface area contributed by atoms with Crippen LogP contribution < -0.4 is 10.6 Å². The van der Waals surface area contributed by atoms with Gasteiger partial charge in [0, 0.05) is 41.5 Å². The number of rotatable bonds is 5. The number of hydrogen-bond donors (Lipinski definition) is 3. The van der Waals surface area contributed by atoms with Crippen molar-refractivity contribution in [3.63, 3.8) is 0 Å². The van der Waals surface area contributed by atoms with Crippen LogP contribution in [0, 0.1) is 17.5 Å². The Hall–Kier alpha value is -3.40. The summed E-state index contributed by atoms with van der Waals surface area (Å²) < 4.78 is 42.3. The van der Waals surface area contributed by atoms with E-state index in [0.717, 1.165) is 31.5 Å². The second-order valence-electron chi connectivity index (χ2n) is 7.96. The second-order valence-corrected chi connectivity index (χ2v) is 8.30. The van der Waals surface area contributed by atoms with Crippen molar-refractivity contribution >= 4 is 34.1 Å². The largest absolute Gasteiger partial charge is 0.367 e. The Balaban J connectivity index is 1.36. The van der Waals surface area contributed by atoms with E-state index in [2.05, 4.69) is 35.6 Å². The van der Waals surface area contributed by atoms with Gasteiger partial charge in [0.15, 0.2) is 17.5 Å². The van der Waals surface area contributed by atoms with Crippen LogP contribution in [0.1, 0.15) is 25.7 Å². The summed E-state index contributed by atoms with van der Waals surface area (Å²) in [4.78, 5) is 19.1. The van der Waals surface area contributed by atoms with Crippen LogP contribution in [-0.2, 0) is 0 Å². The first kappa shape index (κ1) is 21.4. The summed E-state index contributed by atoms with van der Waals surface area (Å²) in [6.45, 7) is 0. The van der Waals surface area contributed by atoms with E-state index in [1.54, 1.807) is 12.3 Å². The summed E-state index contributed by atoms with van der Waals surface area (Å²) in [6, 6.07) is 3.81. The van der Waals surface area contributed by atoms with Crippen LogP contribution in [-0.4, -0.2) is 37.0 Å². The molecular weight excluding hydrogens is 455 g/mol. The van der Waals surface area contributed by atoms with Crippen LogP contribution in [0.5, 0.6) is 0 Å². The number of nitrogens with one attached hydrogen (secondary N) is 3. The number of halogens is 4. The van der Waals surface area contributed by atoms with Gasteiger partial charge >= 0.3 is 0 Å². The van der Waals surface area contributed by atoms with Crippen molar-refractivity contribution in [2.75, 3.05) is 10.6 Å². The minimum Gasteiger partial charge on any atom is -0.367 e. The summed E-state index contributed by atoms with van der Waals surface area (Å²) in [6.07, 6.45) is 7.53. The molecule has 0 saturated heterocycles. The Morgan fingerprint density at radius 2 is 1.82 bits per heavy atom. The van der Waals surface area contributed by atoms with Crippen LogP contribution in [0.3, 0.4) is 0 Å². The molecule has 1 saturated carbocycles. The molecule has 0 spiro atoms. The van der Waals surface area contributed by atoms with E-state index in [1.807, 2.05) is 0 Å². The van der Waals surface area contributed by atoms with Gasteiger partial charge in [0.1, 0.15) is 17.5 Å². The number of fused-ring (bicyclic) bond motifs is 1. The van der Waals surface area contributed by atoms with E-state index in [9.17, 15) is 13.2 Å². The Labute approximate surface area is 191 Å². The third kappa shape index (κ3) is 4.56. The first-order valence-corrected chi connectivity index (χ1v) is 10.8. The lowest BCUT2D eigenvalue weighted by Gasteiger charge is -2.31. The quantitative estimate of drug-likeness (QED) is 0.340. The SMILES string of the molecule is Fc1cc(F)c2[nH]cc(-c3ncc(F)c(NC4CCCC(Nc5ccnc(Cl)n5)C4)n3)c2c1. The molecule has 0 bridgehead atoms. The van der Waals surface area contributed by atoms with E-state index in [1.165, 1.54) is 12.3 Å². The molecular formula is C22H19ClF3N7. The first-order chi connectivity index (χ1) is 16.0. The molecule has 11 heteroatoms. The molecule has 0 radical (unpaired) electrons. The van der Waals surface area contributed by atoms with Crippen molar-refractivity contribution in [1.29, 1.82) is 0 Å². The summed E-state index contributed by atoms with van der Waals surface area (Å²) in [5.41, 5.74) is 0.523. The van der Waals surface area contributed by atoms with Gasteiger partial charge in [0.2, 0.25) is 5.28 Å². The van der Waals surface area contributed by atoms with Crippen LogP contribution >= 0.6 is 11.6 Å². The van der Waals surface area contributed by atoms with E-state index in [0.29, 0.717) is 17.8 Å². The lowest BCUT2D eigenvalue weighted by Crippen LogP contribution is -2.35. The maximum atomic E-state index is 14.5. The summed E-state index contributed by atoms with van der Waals surface area (Å²) in [5.74, 6) is -1.20. The van der Waals surface area contributed by atoms with Gasteiger partial charge < -0.3 is 15.6 Å². The smallest absolute Gasteiger partial charge is 0.224 e. The van der Waals surface area contributed by atoms with E-state index < -0.39 is 17.5 Å². The first-order valence-electron chi connectivity index (χ1n) is 10.5. The summed E-state index contributed by atoms with van der Waals surface area (Å²) in [7, 11) is 0. The Morgan fingerprint density at radius 3 is 2.64 bits per heavy atom. The Bertz CT molecular complexity index is 1310. The molecule has 1 fully saturated rings. The van der Waals surface area contributed by atoms with E-state index in [4.69, 9.17) is 11.6 Å². The van der Waals surface area contributed by atoms with Crippen LogP contribution in [0.25, 0.3) is 22.3 Å². The Kier molecular flexibility index (Phi) is 5.76. The Morgan fingerprint density at radius 1 is 1.00 bits per heavy atom. The zero-order valence-electron chi connectivity index (χ0n) is 17.2. The van der Waals surface area contributed by atoms with Crippen molar-refractivity contribution in [1.82, 2.24) is 24.9 Å². The van der Waals surface area contributed by atoms with Gasteiger partial charge in [-0.3, -0.25) is 0 Å². The number of nitrogens with zero attached hydrogens (tertiary/aromatic N) is 4. The predicted octanol–water partition coefficient (Wildman–Crippen LogP) is 5.32. The molecule has 1 aliphatic rings. The topological polar surface area (TPSA) is 91.4 Å². The average Bonchev–Trinajstić information content (AvgIpc) is 3.20. The molecule has 170 valence electrons. The fourth-order valence-corrected chi connectivity index (χ4v) is 4.36. The molecule has 3 aromatic heterocycles. The molecule has 5 rings (SSSR count). The van der Waals surface area contributed by atoms with E-state index >= 15 is 0 Å². The lowest BCUT2D eigenvalue weighted by atomic mass is 9.91. The van der Waals surface area contributed by atoms with Crippen molar-refractivity contribution in [3.8, 4) is 11.4 Å². The van der Waals surface area contributed by atoms with Crippen LogP contribution in [0.15, 0.2) is 36.8 Å². The minimum atomic E-state index is -0.720. The number of H-pyrrole nitrogens is 1. The van der Waals surface area contributed by atoms with Gasteiger partial charge in [-0.15, -0.1) is 0 Å². The van der Waals surface area contributed by atoms with Gasteiger partial charge in [-0.2, -0.15) is 0 Å². The van der Waals surface area contributed by atoms with Crippen molar-refractivity contribution in [2.24, 2.45) is 0 Å². The van der Waals surface area contributed by atoms with Crippen LogP contribution in [0.2, 0.25) is 5.28 Å². The maximum absolute atomic E-state index is 14.5. The monoisotopic (exact) mass is 473 g/mol. The number of aromatic nitrogens is 5. The molecule has 0 aliphatic heterocycles. The predicted molar refractivity (Wildman–Crippen MR) is 120 cm³/mol. The van der Waals surface area contributed by atoms with Gasteiger partial charge in [0.25, 0.3) is 0 Å². The van der Waals surface area contributed by atoms with E-state index in [-0.39, 0.29) is 39.9 Å². The zero-order chi connectivity index (χ0) is 22.9. The second kappa shape index (κ2) is 8.86. The molecule has 2 unspecified atom stereocenters. The molecule has 1 aromatic carbocycles. The maximum Gasteiger partial charge on any atom is 0.224 e. The van der Waals surface area contributed by atoms with Crippen LogP contribution in [0.4, 0.5) is 24.8 Å². The minimum absolute atomic E-state index is 0.0383. The lowest BCUT2D eigenvalue weighted by molar-refractivity contribution is 0.424. The third-order valence-corrected chi connectivity index (χ3v) is 5.87. The normalized spacial score (nSPS) is 18.4. The molecule has 4 aromatic rings. The van der Waals surface area contributed by atoms with Gasteiger partial charge in [-0.05, 0) is 49.4 Å². The van der Waals surface area contributed by atoms with Crippen molar-refractivity contribution in [3.05, 3.63) is 59.5 Å². The van der Waals surface area contributed by atoms with Gasteiger partial charge in [-0.1, -0.05) is 0 Å². The fourth-order valence-electron chi connectivity index (χ4n) is 4.21. The molecule has 0 amide bonds. The highest BCUT2D eigenvalue weighted by atomic mass is 35.5. The number of benzene rings is 1. The number of hydrogen-bond acceptors (Lipinski definition) is 6. The number of anilines is 2. The highest BCUT2D eigenvalue weighted by Crippen LogP contribution is 2.30. The molecule has 3 heterocycles. The third-order valence-electron chi connectivity index (χ3n) is 5.68. The zero-order valence-corrected chi connectivity index (χ0v) is 18.0. The molecule has 2 atom stereocenters. The van der Waals surface area contributed by atoms with Crippen molar-refractivity contribution in [2.45, 2.75) is 37.8 Å².